The van der Waals surface area contributed by atoms with Gasteiger partial charge in [0, 0.05) is 19.1 Å². The monoisotopic (exact) mass is 903 g/mol. The number of rotatable bonds is 13. The zero-order valence-electron chi connectivity index (χ0n) is 39.6. The summed E-state index contributed by atoms with van der Waals surface area (Å²) in [6.45, 7) is 24.0. The quantitative estimate of drug-likeness (QED) is 0.134. The third-order valence-corrected chi connectivity index (χ3v) is 13.4. The van der Waals surface area contributed by atoms with E-state index in [1.807, 2.05) is 20.8 Å². The van der Waals surface area contributed by atoms with Gasteiger partial charge in [0.1, 0.15) is 11.1 Å². The number of alkyl halides is 3. The predicted octanol–water partition coefficient (Wildman–Crippen LogP) is 6.58. The standard InChI is InChI=1S/C27H49BN2O5.C14H29BN2O2.C2HF3O.CO2/c1-21(31)27(14-19-29-16-10-9-11-17-29)20-22(13-18-30(27)23(32)33-24(2,3)4)12-15-28-34-25(5,6)26(7,8)35-28;18-15(19)7-4-13-5-8-16-14(12-13)6-11-17-9-2-1-3-10-17;3-2(4,5)1-6;2-1-3/h22H,9-20H2,1-8H3;13-14,16,18-19H,1-12H2;1H;. The highest BCUT2D eigenvalue weighted by atomic mass is 19.4. The molecule has 5 heterocycles. The number of ketones is 1. The second-order valence-electron chi connectivity index (χ2n) is 20.0. The van der Waals surface area contributed by atoms with Crippen LogP contribution in [0.1, 0.15) is 145 Å². The average molecular weight is 903 g/mol. The van der Waals surface area contributed by atoms with Gasteiger partial charge in [-0.2, -0.15) is 22.8 Å². The molecule has 0 spiro atoms. The maximum Gasteiger partial charge on any atom is 0.457 e. The van der Waals surface area contributed by atoms with Crippen molar-refractivity contribution in [2.24, 2.45) is 11.8 Å². The molecule has 14 nitrogen and oxygen atoms in total. The van der Waals surface area contributed by atoms with E-state index in [-0.39, 0.29) is 36.3 Å². The molecule has 5 aliphatic rings. The van der Waals surface area contributed by atoms with Gasteiger partial charge < -0.3 is 39.2 Å². The van der Waals surface area contributed by atoms with E-state index >= 15 is 0 Å². The molecule has 0 aromatic rings. The van der Waals surface area contributed by atoms with Gasteiger partial charge in [-0.05, 0) is 183 Å². The first-order valence-corrected chi connectivity index (χ1v) is 23.3. The van der Waals surface area contributed by atoms with E-state index in [0.29, 0.717) is 43.6 Å². The van der Waals surface area contributed by atoms with E-state index in [1.165, 1.54) is 77.4 Å². The minimum absolute atomic E-state index is 0.0701. The summed E-state index contributed by atoms with van der Waals surface area (Å²) in [7, 11) is -1.36. The molecule has 0 aromatic carbocycles. The van der Waals surface area contributed by atoms with Crippen molar-refractivity contribution in [3.8, 4) is 0 Å². The van der Waals surface area contributed by atoms with Crippen LogP contribution in [0.3, 0.4) is 0 Å². The fourth-order valence-corrected chi connectivity index (χ4v) is 9.26. The Hall–Kier alpha value is -2.37. The van der Waals surface area contributed by atoms with Crippen LogP contribution in [0.15, 0.2) is 0 Å². The Kier molecular flexibility index (Phi) is 24.0. The van der Waals surface area contributed by atoms with Gasteiger partial charge in [0.2, 0.25) is 6.29 Å². The van der Waals surface area contributed by atoms with Gasteiger partial charge >= 0.3 is 32.7 Å². The summed E-state index contributed by atoms with van der Waals surface area (Å²) < 4.78 is 49.5. The molecule has 0 aromatic heterocycles. The number of piperidine rings is 4. The smallest absolute Gasteiger partial charge is 0.444 e. The van der Waals surface area contributed by atoms with Gasteiger partial charge in [-0.25, -0.2) is 4.79 Å². The molecule has 4 unspecified atom stereocenters. The molecule has 4 atom stereocenters. The molecule has 362 valence electrons. The zero-order chi connectivity index (χ0) is 47.5. The van der Waals surface area contributed by atoms with Crippen LogP contribution in [0.2, 0.25) is 12.6 Å². The van der Waals surface area contributed by atoms with Crippen molar-refractivity contribution in [3.05, 3.63) is 0 Å². The van der Waals surface area contributed by atoms with Gasteiger partial charge in [0.15, 0.2) is 5.78 Å². The highest BCUT2D eigenvalue weighted by Gasteiger charge is 2.52. The molecule has 0 radical (unpaired) electrons. The largest absolute Gasteiger partial charge is 0.457 e. The Morgan fingerprint density at radius 2 is 1.38 bits per heavy atom. The van der Waals surface area contributed by atoms with Crippen LogP contribution in [0.25, 0.3) is 0 Å². The third kappa shape index (κ3) is 20.8. The summed E-state index contributed by atoms with van der Waals surface area (Å²) in [5, 5.41) is 21.5. The van der Waals surface area contributed by atoms with Gasteiger partial charge in [0.25, 0.3) is 0 Å². The highest BCUT2D eigenvalue weighted by molar-refractivity contribution is 6.45. The summed E-state index contributed by atoms with van der Waals surface area (Å²) in [6.07, 6.45) is 11.1. The molecule has 5 fully saturated rings. The van der Waals surface area contributed by atoms with Gasteiger partial charge in [0.05, 0.1) is 11.2 Å². The summed E-state index contributed by atoms with van der Waals surface area (Å²) in [5.74, 6) is 1.08. The number of halogens is 3. The SMILES string of the molecule is CC(=O)C1(CCN2CCCCC2)CC(CCB2OC(C)(C)C(C)(C)O2)CCN1C(=O)OC(C)(C)C.O=C=O.O=CC(F)(F)F.OB(O)CCC1CCNC(CCN2CCCCC2)C1. The minimum Gasteiger partial charge on any atom is -0.444 e. The third-order valence-electron chi connectivity index (χ3n) is 13.4. The first-order valence-electron chi connectivity index (χ1n) is 23.3. The number of hydrogen-bond donors (Lipinski definition) is 3. The fraction of sp³-hybridized carbons (Fsp3) is 0.909. The van der Waals surface area contributed by atoms with Crippen molar-refractivity contribution in [1.29, 1.82) is 0 Å². The number of amides is 1. The molecule has 3 N–H and O–H groups in total. The number of nitrogens with one attached hydrogen (secondary N) is 1. The van der Waals surface area contributed by atoms with Crippen molar-refractivity contribution in [2.45, 2.75) is 192 Å². The van der Waals surface area contributed by atoms with E-state index in [4.69, 9.17) is 38.5 Å². The first-order chi connectivity index (χ1) is 29.4. The second kappa shape index (κ2) is 26.7. The molecule has 0 bridgehead atoms. The van der Waals surface area contributed by atoms with Crippen LogP contribution < -0.4 is 5.32 Å². The lowest BCUT2D eigenvalue weighted by molar-refractivity contribution is -0.191. The maximum atomic E-state index is 13.3. The van der Waals surface area contributed by atoms with E-state index in [1.54, 1.807) is 11.8 Å². The number of Topliss-reactive ketones (excluding diaryl/α,β-unsaturated/α-hetero) is 1. The summed E-state index contributed by atoms with van der Waals surface area (Å²) in [6, 6.07) is 0.636. The Morgan fingerprint density at radius 3 is 1.86 bits per heavy atom. The molecule has 63 heavy (non-hydrogen) atoms. The number of nitrogens with zero attached hydrogens (tertiary/aromatic N) is 3. The van der Waals surface area contributed by atoms with Crippen LogP contribution in [0, 0.1) is 11.8 Å². The lowest BCUT2D eigenvalue weighted by Gasteiger charge is -2.49. The first kappa shape index (κ1) is 56.8. The van der Waals surface area contributed by atoms with Gasteiger partial charge in [-0.15, -0.1) is 0 Å². The van der Waals surface area contributed by atoms with E-state index in [2.05, 4.69) is 42.8 Å². The van der Waals surface area contributed by atoms with Crippen molar-refractivity contribution in [1.82, 2.24) is 20.0 Å². The van der Waals surface area contributed by atoms with Crippen LogP contribution in [-0.4, -0.2) is 150 Å². The molecular formula is C44H79B2F3N4O10. The summed E-state index contributed by atoms with van der Waals surface area (Å²) >= 11 is 0. The molecule has 19 heteroatoms. The van der Waals surface area contributed by atoms with Crippen molar-refractivity contribution in [3.63, 3.8) is 0 Å². The molecule has 5 saturated heterocycles. The van der Waals surface area contributed by atoms with Crippen LogP contribution in [0.5, 0.6) is 0 Å². The number of aldehydes is 1. The number of carbonyl (C=O) groups excluding carboxylic acids is 5. The Labute approximate surface area is 375 Å². The van der Waals surface area contributed by atoms with E-state index in [9.17, 15) is 22.8 Å². The Morgan fingerprint density at radius 1 is 0.857 bits per heavy atom. The van der Waals surface area contributed by atoms with Gasteiger partial charge in [-0.3, -0.25) is 14.5 Å². The van der Waals surface area contributed by atoms with Crippen molar-refractivity contribution < 1.29 is 61.2 Å². The van der Waals surface area contributed by atoms with Crippen LogP contribution in [-0.2, 0) is 33.2 Å². The molecule has 5 rings (SSSR count). The lowest BCUT2D eigenvalue weighted by Crippen LogP contribution is -2.62. The van der Waals surface area contributed by atoms with Crippen molar-refractivity contribution in [2.75, 3.05) is 52.4 Å². The Balaban J connectivity index is 0.000000405. The second-order valence-corrected chi connectivity index (χ2v) is 20.0. The predicted molar refractivity (Wildman–Crippen MR) is 236 cm³/mol. The topological polar surface area (TPSA) is 175 Å². The maximum absolute atomic E-state index is 13.3. The number of hydrogen-bond acceptors (Lipinski definition) is 13. The van der Waals surface area contributed by atoms with Crippen LogP contribution >= 0.6 is 0 Å². The van der Waals surface area contributed by atoms with E-state index < -0.39 is 30.7 Å². The van der Waals surface area contributed by atoms with E-state index in [0.717, 1.165) is 51.8 Å². The Bertz CT molecular complexity index is 1390. The normalized spacial score (nSPS) is 26.3. The molecular weight excluding hydrogens is 823 g/mol. The molecule has 0 saturated carbocycles. The number of carbonyl (C=O) groups is 3. The molecule has 1 amide bonds. The molecule has 0 aliphatic carbocycles. The number of likely N-dealkylation sites (tertiary alicyclic amines) is 3. The highest BCUT2D eigenvalue weighted by Crippen LogP contribution is 2.42. The van der Waals surface area contributed by atoms with Crippen molar-refractivity contribution >= 4 is 38.6 Å². The number of ether oxygens (including phenoxy) is 1. The average Bonchev–Trinajstić information content (AvgIpc) is 3.43. The van der Waals surface area contributed by atoms with Crippen LogP contribution in [0.4, 0.5) is 18.0 Å². The van der Waals surface area contributed by atoms with Gasteiger partial charge in [-0.1, -0.05) is 25.7 Å². The summed E-state index contributed by atoms with van der Waals surface area (Å²) in [4.78, 5) is 58.4. The summed E-state index contributed by atoms with van der Waals surface area (Å²) in [5.41, 5.74) is -2.09. The molecule has 5 aliphatic heterocycles. The lowest BCUT2D eigenvalue weighted by atomic mass is 9.71. The fourth-order valence-electron chi connectivity index (χ4n) is 9.26. The zero-order valence-corrected chi connectivity index (χ0v) is 39.6. The minimum atomic E-state index is -4.64.